The van der Waals surface area contributed by atoms with E-state index in [1.165, 1.54) is 35.6 Å². The summed E-state index contributed by atoms with van der Waals surface area (Å²) in [5, 5.41) is 7.73. The fraction of sp³-hybridized carbons (Fsp3) is 0.158. The molecule has 2 aromatic carbocycles. The lowest BCUT2D eigenvalue weighted by molar-refractivity contribution is -0.274. The third-order valence-electron chi connectivity index (χ3n) is 3.72. The van der Waals surface area contributed by atoms with Crippen LogP contribution in [0.25, 0.3) is 0 Å². The minimum absolute atomic E-state index is 0.228. The van der Waals surface area contributed by atoms with Gasteiger partial charge in [0.05, 0.1) is 0 Å². The number of nitrogens with one attached hydrogen (secondary N) is 2. The van der Waals surface area contributed by atoms with Crippen molar-refractivity contribution in [2.24, 2.45) is 0 Å². The van der Waals surface area contributed by atoms with Gasteiger partial charge < -0.3 is 20.3 Å². The van der Waals surface area contributed by atoms with Gasteiger partial charge >= 0.3 is 6.36 Å². The first-order chi connectivity index (χ1) is 13.7. The smallest absolute Gasteiger partial charge is 0.406 e. The Labute approximate surface area is 168 Å². The first-order valence-electron chi connectivity index (χ1n) is 8.37. The van der Waals surface area contributed by atoms with Gasteiger partial charge in [-0.3, -0.25) is 4.79 Å². The van der Waals surface area contributed by atoms with E-state index >= 15 is 0 Å². The van der Waals surface area contributed by atoms with Crippen molar-refractivity contribution in [2.75, 3.05) is 29.6 Å². The Morgan fingerprint density at radius 3 is 2.24 bits per heavy atom. The van der Waals surface area contributed by atoms with E-state index < -0.39 is 6.36 Å². The number of alkyl halides is 3. The summed E-state index contributed by atoms with van der Waals surface area (Å²) in [6.45, 7) is 0. The van der Waals surface area contributed by atoms with Crippen LogP contribution in [0.4, 0.5) is 35.4 Å². The lowest BCUT2D eigenvalue weighted by Gasteiger charge is -2.12. The third-order valence-corrected chi connectivity index (χ3v) is 4.48. The van der Waals surface area contributed by atoms with E-state index in [0.29, 0.717) is 16.5 Å². The van der Waals surface area contributed by atoms with Gasteiger partial charge in [0, 0.05) is 36.5 Å². The molecule has 0 fully saturated rings. The molecule has 0 atom stereocenters. The van der Waals surface area contributed by atoms with E-state index in [1.807, 2.05) is 31.1 Å². The molecule has 0 bridgehead atoms. The van der Waals surface area contributed by atoms with Crippen LogP contribution >= 0.6 is 11.3 Å². The van der Waals surface area contributed by atoms with Crippen molar-refractivity contribution in [3.05, 3.63) is 59.6 Å². The highest BCUT2D eigenvalue weighted by Crippen LogP contribution is 2.26. The molecule has 0 spiro atoms. The van der Waals surface area contributed by atoms with Gasteiger partial charge in [-0.05, 0) is 48.5 Å². The summed E-state index contributed by atoms with van der Waals surface area (Å²) >= 11 is 1.20. The average Bonchev–Trinajstić information content (AvgIpc) is 3.11. The van der Waals surface area contributed by atoms with E-state index in [0.717, 1.165) is 5.69 Å². The number of hydrogen-bond acceptors (Lipinski definition) is 6. The maximum atomic E-state index is 12.3. The Kier molecular flexibility index (Phi) is 5.92. The highest BCUT2D eigenvalue weighted by atomic mass is 32.1. The molecule has 2 N–H and O–H groups in total. The van der Waals surface area contributed by atoms with Crippen LogP contribution in [-0.4, -0.2) is 31.3 Å². The summed E-state index contributed by atoms with van der Waals surface area (Å²) in [5.74, 6) is -0.677. The minimum atomic E-state index is -4.74. The van der Waals surface area contributed by atoms with Gasteiger partial charge in [-0.2, -0.15) is 0 Å². The number of carbonyl (C=O) groups excluding carboxylic acids is 1. The zero-order valence-corrected chi connectivity index (χ0v) is 16.3. The van der Waals surface area contributed by atoms with Gasteiger partial charge in [0.25, 0.3) is 5.91 Å². The Hall–Kier alpha value is -3.27. The second-order valence-electron chi connectivity index (χ2n) is 6.13. The number of benzene rings is 2. The van der Waals surface area contributed by atoms with Crippen molar-refractivity contribution >= 4 is 39.4 Å². The van der Waals surface area contributed by atoms with Crippen molar-refractivity contribution in [3.8, 4) is 5.75 Å². The summed E-state index contributed by atoms with van der Waals surface area (Å²) in [5.41, 5.74) is 2.39. The molecule has 10 heteroatoms. The van der Waals surface area contributed by atoms with Gasteiger partial charge in [-0.1, -0.05) is 0 Å². The van der Waals surface area contributed by atoms with Crippen molar-refractivity contribution in [1.29, 1.82) is 0 Å². The quantitative estimate of drug-likeness (QED) is 0.578. The molecule has 152 valence electrons. The van der Waals surface area contributed by atoms with Crippen LogP contribution in [0.3, 0.4) is 0 Å². The van der Waals surface area contributed by atoms with E-state index in [4.69, 9.17) is 0 Å². The number of ether oxygens (including phenoxy) is 1. The molecule has 1 heterocycles. The van der Waals surface area contributed by atoms with Gasteiger partial charge in [0.15, 0.2) is 5.13 Å². The Morgan fingerprint density at radius 1 is 1.03 bits per heavy atom. The molecule has 0 radical (unpaired) electrons. The Bertz CT molecular complexity index is 970. The van der Waals surface area contributed by atoms with Crippen LogP contribution in [0.15, 0.2) is 53.9 Å². The SMILES string of the molecule is CN(C)c1ccc(NC(=O)c2csc(Nc3ccc(OC(F)(F)F)cc3)n2)cc1. The summed E-state index contributed by atoms with van der Waals surface area (Å²) in [7, 11) is 3.85. The monoisotopic (exact) mass is 422 g/mol. The molecule has 0 saturated carbocycles. The number of aromatic nitrogens is 1. The van der Waals surface area contributed by atoms with E-state index in [9.17, 15) is 18.0 Å². The number of rotatable bonds is 6. The van der Waals surface area contributed by atoms with Crippen LogP contribution < -0.4 is 20.3 Å². The summed E-state index contributed by atoms with van der Waals surface area (Å²) < 4.78 is 40.4. The van der Waals surface area contributed by atoms with Gasteiger partial charge in [0.2, 0.25) is 0 Å². The largest absolute Gasteiger partial charge is 0.573 e. The van der Waals surface area contributed by atoms with E-state index in [1.54, 1.807) is 17.5 Å². The number of halogens is 3. The van der Waals surface area contributed by atoms with Crippen molar-refractivity contribution in [3.63, 3.8) is 0 Å². The Balaban J connectivity index is 1.60. The van der Waals surface area contributed by atoms with Crippen LogP contribution in [0.2, 0.25) is 0 Å². The topological polar surface area (TPSA) is 66.5 Å². The molecule has 1 amide bonds. The second kappa shape index (κ2) is 8.39. The van der Waals surface area contributed by atoms with E-state index in [2.05, 4.69) is 20.4 Å². The molecule has 3 aromatic rings. The van der Waals surface area contributed by atoms with Crippen LogP contribution in [0.1, 0.15) is 10.5 Å². The molecule has 29 heavy (non-hydrogen) atoms. The number of hydrogen-bond donors (Lipinski definition) is 2. The maximum Gasteiger partial charge on any atom is 0.573 e. The fourth-order valence-electron chi connectivity index (χ4n) is 2.34. The molecule has 0 unspecified atom stereocenters. The molecule has 0 saturated heterocycles. The lowest BCUT2D eigenvalue weighted by atomic mass is 10.2. The number of amides is 1. The molecule has 0 aliphatic rings. The predicted octanol–water partition coefficient (Wildman–Crippen LogP) is 5.10. The van der Waals surface area contributed by atoms with E-state index in [-0.39, 0.29) is 17.4 Å². The third kappa shape index (κ3) is 5.85. The predicted molar refractivity (Wildman–Crippen MR) is 107 cm³/mol. The van der Waals surface area contributed by atoms with Gasteiger partial charge in [0.1, 0.15) is 11.4 Å². The molecular formula is C19H17F3N4O2S. The van der Waals surface area contributed by atoms with Gasteiger partial charge in [-0.25, -0.2) is 4.98 Å². The zero-order valence-electron chi connectivity index (χ0n) is 15.4. The number of thiazole rings is 1. The summed E-state index contributed by atoms with van der Waals surface area (Å²) in [6.07, 6.45) is -4.74. The Morgan fingerprint density at radius 2 is 1.66 bits per heavy atom. The highest BCUT2D eigenvalue weighted by Gasteiger charge is 2.30. The first-order valence-corrected chi connectivity index (χ1v) is 9.25. The van der Waals surface area contributed by atoms with Crippen LogP contribution in [0, 0.1) is 0 Å². The molecule has 0 aliphatic carbocycles. The van der Waals surface area contributed by atoms with Crippen LogP contribution in [-0.2, 0) is 0 Å². The highest BCUT2D eigenvalue weighted by molar-refractivity contribution is 7.14. The maximum absolute atomic E-state index is 12.3. The van der Waals surface area contributed by atoms with Crippen molar-refractivity contribution in [1.82, 2.24) is 4.98 Å². The van der Waals surface area contributed by atoms with Gasteiger partial charge in [-0.15, -0.1) is 24.5 Å². The second-order valence-corrected chi connectivity index (χ2v) is 6.99. The minimum Gasteiger partial charge on any atom is -0.406 e. The van der Waals surface area contributed by atoms with Crippen molar-refractivity contribution in [2.45, 2.75) is 6.36 Å². The van der Waals surface area contributed by atoms with Crippen molar-refractivity contribution < 1.29 is 22.7 Å². The fourth-order valence-corrected chi connectivity index (χ4v) is 3.05. The van der Waals surface area contributed by atoms with Crippen LogP contribution in [0.5, 0.6) is 5.75 Å². The molecule has 6 nitrogen and oxygen atoms in total. The summed E-state index contributed by atoms with van der Waals surface area (Å²) in [6, 6.07) is 12.6. The number of carbonyl (C=O) groups is 1. The standard InChI is InChI=1S/C19H17F3N4O2S/c1-26(2)14-7-3-12(4-8-14)23-17(27)16-11-29-18(25-16)24-13-5-9-15(10-6-13)28-19(20,21)22/h3-11H,1-2H3,(H,23,27)(H,24,25). The number of nitrogens with zero attached hydrogens (tertiary/aromatic N) is 2. The normalized spacial score (nSPS) is 11.1. The summed E-state index contributed by atoms with van der Waals surface area (Å²) in [4.78, 5) is 18.5. The zero-order chi connectivity index (χ0) is 21.0. The first kappa shape index (κ1) is 20.5. The number of anilines is 4. The molecular weight excluding hydrogens is 405 g/mol. The molecule has 1 aromatic heterocycles. The molecule has 3 rings (SSSR count). The lowest BCUT2D eigenvalue weighted by Crippen LogP contribution is -2.16. The molecule has 0 aliphatic heterocycles. The average molecular weight is 422 g/mol.